The second-order valence-corrected chi connectivity index (χ2v) is 6.99. The van der Waals surface area contributed by atoms with Crippen LogP contribution in [0.2, 0.25) is 0 Å². The highest BCUT2D eigenvalue weighted by Gasteiger charge is 2.32. The number of carbonyl (C=O) groups is 1. The van der Waals surface area contributed by atoms with E-state index < -0.39 is 0 Å². The number of piperidine rings is 1. The van der Waals surface area contributed by atoms with Gasteiger partial charge in [-0.2, -0.15) is 0 Å². The summed E-state index contributed by atoms with van der Waals surface area (Å²) in [5.74, 6) is 1.08. The molecule has 0 aliphatic carbocycles. The van der Waals surface area contributed by atoms with Gasteiger partial charge < -0.3 is 10.2 Å². The highest BCUT2D eigenvalue weighted by Crippen LogP contribution is 2.38. The number of amides is 1. The number of hydrogen-bond donors (Lipinski definition) is 1. The summed E-state index contributed by atoms with van der Waals surface area (Å²) in [5.41, 5.74) is 1.33. The molecular formula is C16H23ClN2OS. The summed E-state index contributed by atoms with van der Waals surface area (Å²) in [5, 5.41) is 3.35. The second kappa shape index (κ2) is 7.52. The molecule has 1 atom stereocenters. The van der Waals surface area contributed by atoms with Crippen molar-refractivity contribution in [3.05, 3.63) is 29.8 Å². The highest BCUT2D eigenvalue weighted by atomic mass is 35.5. The first-order valence-corrected chi connectivity index (χ1v) is 8.34. The van der Waals surface area contributed by atoms with Gasteiger partial charge in [0.05, 0.1) is 5.25 Å². The first-order valence-electron chi connectivity index (χ1n) is 7.46. The van der Waals surface area contributed by atoms with Crippen LogP contribution in [0.1, 0.15) is 18.4 Å². The second-order valence-electron chi connectivity index (χ2n) is 5.74. The van der Waals surface area contributed by atoms with Gasteiger partial charge in [0.1, 0.15) is 0 Å². The van der Waals surface area contributed by atoms with Crippen LogP contribution in [-0.4, -0.2) is 42.7 Å². The number of thioether (sulfide) groups is 1. The summed E-state index contributed by atoms with van der Waals surface area (Å²) in [6.07, 6.45) is 3.17. The topological polar surface area (TPSA) is 32.3 Å². The van der Waals surface area contributed by atoms with Gasteiger partial charge in [0.2, 0.25) is 5.91 Å². The third-order valence-electron chi connectivity index (χ3n) is 4.34. The van der Waals surface area contributed by atoms with Crippen LogP contribution in [0.5, 0.6) is 0 Å². The van der Waals surface area contributed by atoms with Gasteiger partial charge in [-0.25, -0.2) is 0 Å². The van der Waals surface area contributed by atoms with Crippen LogP contribution < -0.4 is 5.32 Å². The fourth-order valence-electron chi connectivity index (χ4n) is 3.17. The Kier molecular flexibility index (Phi) is 5.97. The molecule has 1 aromatic rings. The summed E-state index contributed by atoms with van der Waals surface area (Å²) >= 11 is 1.75. The maximum absolute atomic E-state index is 12.6. The molecule has 0 bridgehead atoms. The van der Waals surface area contributed by atoms with Gasteiger partial charge in [-0.05, 0) is 50.4 Å². The van der Waals surface area contributed by atoms with Crippen molar-refractivity contribution in [2.75, 3.05) is 26.7 Å². The van der Waals surface area contributed by atoms with Crippen molar-refractivity contribution in [2.24, 2.45) is 5.92 Å². The Morgan fingerprint density at radius 2 is 2.05 bits per heavy atom. The van der Waals surface area contributed by atoms with E-state index in [1.165, 1.54) is 10.5 Å². The summed E-state index contributed by atoms with van der Waals surface area (Å²) in [4.78, 5) is 16.0. The molecule has 116 valence electrons. The monoisotopic (exact) mass is 326 g/mol. The Labute approximate surface area is 137 Å². The number of nitrogens with one attached hydrogen (secondary N) is 1. The molecule has 1 fully saturated rings. The zero-order chi connectivity index (χ0) is 13.9. The molecule has 3 nitrogen and oxygen atoms in total. The van der Waals surface area contributed by atoms with Crippen molar-refractivity contribution in [2.45, 2.75) is 29.4 Å². The van der Waals surface area contributed by atoms with Crippen molar-refractivity contribution < 1.29 is 4.79 Å². The molecule has 0 aromatic heterocycles. The van der Waals surface area contributed by atoms with Crippen molar-refractivity contribution in [3.8, 4) is 0 Å². The van der Waals surface area contributed by atoms with E-state index in [1.54, 1.807) is 11.8 Å². The minimum absolute atomic E-state index is 0. The number of carbonyl (C=O) groups excluding carboxylic acids is 1. The van der Waals surface area contributed by atoms with Crippen LogP contribution in [0.3, 0.4) is 0 Å². The third-order valence-corrected chi connectivity index (χ3v) is 5.65. The minimum Gasteiger partial charge on any atom is -0.342 e. The number of nitrogens with zero attached hydrogens (tertiary/aromatic N) is 1. The molecule has 2 aliphatic rings. The minimum atomic E-state index is 0. The maximum Gasteiger partial charge on any atom is 0.236 e. The first-order chi connectivity index (χ1) is 9.78. The van der Waals surface area contributed by atoms with E-state index in [0.29, 0.717) is 5.91 Å². The zero-order valence-electron chi connectivity index (χ0n) is 12.4. The number of benzene rings is 1. The molecule has 2 aliphatic heterocycles. The molecule has 1 N–H and O–H groups in total. The van der Waals surface area contributed by atoms with Gasteiger partial charge >= 0.3 is 0 Å². The molecule has 21 heavy (non-hydrogen) atoms. The lowest BCUT2D eigenvalue weighted by atomic mass is 9.96. The molecule has 1 saturated heterocycles. The normalized spacial score (nSPS) is 21.8. The quantitative estimate of drug-likeness (QED) is 0.926. The predicted octanol–water partition coefficient (Wildman–Crippen LogP) is 2.58. The van der Waals surface area contributed by atoms with Gasteiger partial charge in [0.25, 0.3) is 0 Å². The Hall–Kier alpha value is -0.710. The van der Waals surface area contributed by atoms with E-state index in [1.807, 2.05) is 7.05 Å². The summed E-state index contributed by atoms with van der Waals surface area (Å²) in [6.45, 7) is 2.93. The lowest BCUT2D eigenvalue weighted by Gasteiger charge is -2.33. The average Bonchev–Trinajstić information content (AvgIpc) is 2.91. The largest absolute Gasteiger partial charge is 0.342 e. The molecule has 0 radical (unpaired) electrons. The first kappa shape index (κ1) is 16.7. The fourth-order valence-corrected chi connectivity index (χ4v) is 4.45. The third kappa shape index (κ3) is 3.74. The van der Waals surface area contributed by atoms with E-state index >= 15 is 0 Å². The molecule has 0 spiro atoms. The number of fused-ring (bicyclic) bond motifs is 1. The van der Waals surface area contributed by atoms with Crippen LogP contribution >= 0.6 is 24.2 Å². The maximum atomic E-state index is 12.6. The molecule has 1 unspecified atom stereocenters. The summed E-state index contributed by atoms with van der Waals surface area (Å²) < 4.78 is 0. The van der Waals surface area contributed by atoms with Crippen molar-refractivity contribution in [1.29, 1.82) is 0 Å². The van der Waals surface area contributed by atoms with Crippen LogP contribution in [0, 0.1) is 5.92 Å². The molecule has 1 amide bonds. The molecule has 5 heteroatoms. The van der Waals surface area contributed by atoms with E-state index in [4.69, 9.17) is 0 Å². The van der Waals surface area contributed by atoms with E-state index in [0.717, 1.165) is 44.8 Å². The van der Waals surface area contributed by atoms with Gasteiger partial charge in [0, 0.05) is 18.0 Å². The number of hydrogen-bond acceptors (Lipinski definition) is 3. The molecule has 3 rings (SSSR count). The average molecular weight is 327 g/mol. The molecular weight excluding hydrogens is 304 g/mol. The van der Waals surface area contributed by atoms with Crippen LogP contribution in [0.4, 0.5) is 0 Å². The van der Waals surface area contributed by atoms with Gasteiger partial charge in [0.15, 0.2) is 0 Å². The van der Waals surface area contributed by atoms with Crippen LogP contribution in [0.25, 0.3) is 0 Å². The fraction of sp³-hybridized carbons (Fsp3) is 0.562. The predicted molar refractivity (Wildman–Crippen MR) is 90.3 cm³/mol. The highest BCUT2D eigenvalue weighted by molar-refractivity contribution is 8.01. The molecule has 0 saturated carbocycles. The molecule has 2 heterocycles. The Balaban J connectivity index is 0.00000161. The smallest absolute Gasteiger partial charge is 0.236 e. The van der Waals surface area contributed by atoms with Crippen molar-refractivity contribution in [3.63, 3.8) is 0 Å². The van der Waals surface area contributed by atoms with Gasteiger partial charge in [-0.15, -0.1) is 24.2 Å². The Morgan fingerprint density at radius 3 is 2.71 bits per heavy atom. The zero-order valence-corrected chi connectivity index (χ0v) is 14.0. The van der Waals surface area contributed by atoms with Crippen LogP contribution in [-0.2, 0) is 11.2 Å². The Morgan fingerprint density at radius 1 is 1.33 bits per heavy atom. The van der Waals surface area contributed by atoms with E-state index in [2.05, 4.69) is 34.5 Å². The lowest BCUT2D eigenvalue weighted by molar-refractivity contribution is -0.131. The van der Waals surface area contributed by atoms with E-state index in [9.17, 15) is 4.79 Å². The number of likely N-dealkylation sites (tertiary alicyclic amines) is 1. The van der Waals surface area contributed by atoms with E-state index in [-0.39, 0.29) is 17.7 Å². The summed E-state index contributed by atoms with van der Waals surface area (Å²) in [7, 11) is 2.00. The SMILES string of the molecule is CNCC1CCN(C(=O)C2Cc3ccccc3S2)CC1.Cl. The lowest BCUT2D eigenvalue weighted by Crippen LogP contribution is -2.44. The molecule has 1 aromatic carbocycles. The van der Waals surface area contributed by atoms with Crippen molar-refractivity contribution in [1.82, 2.24) is 10.2 Å². The van der Waals surface area contributed by atoms with Crippen LogP contribution in [0.15, 0.2) is 29.2 Å². The summed E-state index contributed by atoms with van der Waals surface area (Å²) in [6, 6.07) is 8.40. The number of rotatable bonds is 3. The Bertz CT molecular complexity index is 464. The van der Waals surface area contributed by atoms with Gasteiger partial charge in [-0.3, -0.25) is 4.79 Å². The van der Waals surface area contributed by atoms with Gasteiger partial charge in [-0.1, -0.05) is 18.2 Å². The standard InChI is InChI=1S/C16H22N2OS.ClH/c1-17-11-12-6-8-18(9-7-12)16(19)15-10-13-4-2-3-5-14(13)20-15;/h2-5,12,15,17H,6-11H2,1H3;1H. The number of halogens is 1. The van der Waals surface area contributed by atoms with Crippen molar-refractivity contribution >= 4 is 30.1 Å².